The zero-order valence-corrected chi connectivity index (χ0v) is 12.5. The zero-order chi connectivity index (χ0) is 14.7. The Labute approximate surface area is 126 Å². The van der Waals surface area contributed by atoms with Gasteiger partial charge in [-0.05, 0) is 41.6 Å². The topological polar surface area (TPSA) is 32.3 Å². The highest BCUT2D eigenvalue weighted by Crippen LogP contribution is 2.36. The van der Waals surface area contributed by atoms with Gasteiger partial charge in [0.15, 0.2) is 0 Å². The van der Waals surface area contributed by atoms with E-state index in [4.69, 9.17) is 0 Å². The van der Waals surface area contributed by atoms with Gasteiger partial charge in [-0.2, -0.15) is 0 Å². The minimum absolute atomic E-state index is 0.0685. The summed E-state index contributed by atoms with van der Waals surface area (Å²) in [6.45, 7) is 3.58. The molecule has 0 radical (unpaired) electrons. The molecule has 2 aromatic rings. The van der Waals surface area contributed by atoms with Crippen molar-refractivity contribution in [3.05, 3.63) is 70.8 Å². The summed E-state index contributed by atoms with van der Waals surface area (Å²) in [6, 6.07) is 17.1. The Hall–Kier alpha value is -1.64. The van der Waals surface area contributed by atoms with Crippen LogP contribution >= 0.6 is 0 Å². The molecule has 3 rings (SSSR count). The number of hydrogen-bond donors (Lipinski definition) is 2. The van der Waals surface area contributed by atoms with Gasteiger partial charge >= 0.3 is 0 Å². The molecule has 1 atom stereocenters. The van der Waals surface area contributed by atoms with Crippen LogP contribution in [0.25, 0.3) is 0 Å². The van der Waals surface area contributed by atoms with Crippen molar-refractivity contribution in [1.29, 1.82) is 0 Å². The molecule has 0 aliphatic heterocycles. The first-order chi connectivity index (χ1) is 10.3. The lowest BCUT2D eigenvalue weighted by Crippen LogP contribution is -2.32. The number of aliphatic hydroxyl groups excluding tert-OH is 1. The van der Waals surface area contributed by atoms with E-state index in [1.165, 1.54) is 22.3 Å². The largest absolute Gasteiger partial charge is 0.391 e. The summed E-state index contributed by atoms with van der Waals surface area (Å²) in [5.74, 6) is 0.0685. The van der Waals surface area contributed by atoms with Crippen molar-refractivity contribution in [2.45, 2.75) is 31.8 Å². The molecule has 0 spiro atoms. The number of rotatable bonds is 4. The quantitative estimate of drug-likeness (QED) is 0.903. The maximum Gasteiger partial charge on any atom is 0.0773 e. The SMILES string of the molecule is CCNCC(O)C1c2ccccc2CCc2ccccc21. The highest BCUT2D eigenvalue weighted by Gasteiger charge is 2.28. The van der Waals surface area contributed by atoms with E-state index in [1.54, 1.807) is 0 Å². The van der Waals surface area contributed by atoms with Crippen molar-refractivity contribution in [3.63, 3.8) is 0 Å². The lowest BCUT2D eigenvalue weighted by Gasteiger charge is -2.26. The number of benzene rings is 2. The van der Waals surface area contributed by atoms with E-state index in [9.17, 15) is 5.11 Å². The maximum atomic E-state index is 10.8. The summed E-state index contributed by atoms with van der Waals surface area (Å²) in [6.07, 6.45) is 1.71. The second-order valence-corrected chi connectivity index (χ2v) is 5.75. The maximum absolute atomic E-state index is 10.8. The molecule has 0 saturated heterocycles. The van der Waals surface area contributed by atoms with E-state index in [0.717, 1.165) is 19.4 Å². The molecule has 0 amide bonds. The summed E-state index contributed by atoms with van der Waals surface area (Å²) in [5.41, 5.74) is 5.31. The van der Waals surface area contributed by atoms with Crippen LogP contribution in [-0.4, -0.2) is 24.3 Å². The van der Waals surface area contributed by atoms with Crippen molar-refractivity contribution < 1.29 is 5.11 Å². The van der Waals surface area contributed by atoms with Gasteiger partial charge in [0.1, 0.15) is 0 Å². The minimum atomic E-state index is -0.398. The standard InChI is InChI=1S/C19H23NO/c1-2-20-13-18(21)19-16-9-5-3-7-14(16)11-12-15-8-4-6-10-17(15)19/h3-10,18-21H,2,11-13H2,1H3. The van der Waals surface area contributed by atoms with E-state index >= 15 is 0 Å². The van der Waals surface area contributed by atoms with Gasteiger partial charge in [0.05, 0.1) is 6.10 Å². The summed E-state index contributed by atoms with van der Waals surface area (Å²) in [5, 5.41) is 14.0. The smallest absolute Gasteiger partial charge is 0.0773 e. The van der Waals surface area contributed by atoms with Gasteiger partial charge < -0.3 is 10.4 Å². The van der Waals surface area contributed by atoms with Crippen LogP contribution < -0.4 is 5.32 Å². The Morgan fingerprint density at radius 1 is 1.00 bits per heavy atom. The molecule has 0 saturated carbocycles. The molecule has 2 N–H and O–H groups in total. The monoisotopic (exact) mass is 281 g/mol. The van der Waals surface area contributed by atoms with Gasteiger partial charge in [-0.1, -0.05) is 55.5 Å². The summed E-state index contributed by atoms with van der Waals surface area (Å²) < 4.78 is 0. The van der Waals surface area contributed by atoms with Crippen LogP contribution in [0.4, 0.5) is 0 Å². The fourth-order valence-corrected chi connectivity index (χ4v) is 3.39. The number of aliphatic hydroxyl groups is 1. The lowest BCUT2D eigenvalue weighted by atomic mass is 9.84. The lowest BCUT2D eigenvalue weighted by molar-refractivity contribution is 0.154. The summed E-state index contributed by atoms with van der Waals surface area (Å²) in [7, 11) is 0. The zero-order valence-electron chi connectivity index (χ0n) is 12.5. The molecule has 2 nitrogen and oxygen atoms in total. The highest BCUT2D eigenvalue weighted by atomic mass is 16.3. The van der Waals surface area contributed by atoms with Crippen LogP contribution in [0.3, 0.4) is 0 Å². The molecule has 2 heteroatoms. The van der Waals surface area contributed by atoms with E-state index in [-0.39, 0.29) is 5.92 Å². The molecular formula is C19H23NO. The molecule has 1 aliphatic carbocycles. The molecule has 1 unspecified atom stereocenters. The van der Waals surface area contributed by atoms with Gasteiger partial charge in [-0.25, -0.2) is 0 Å². The average Bonchev–Trinajstić information content (AvgIpc) is 2.69. The Balaban J connectivity index is 2.06. The van der Waals surface area contributed by atoms with Crippen LogP contribution in [0.5, 0.6) is 0 Å². The van der Waals surface area contributed by atoms with Gasteiger partial charge in [-0.3, -0.25) is 0 Å². The van der Waals surface area contributed by atoms with E-state index in [2.05, 4.69) is 60.8 Å². The first kappa shape index (κ1) is 14.3. The number of hydrogen-bond acceptors (Lipinski definition) is 2. The van der Waals surface area contributed by atoms with Crippen LogP contribution in [-0.2, 0) is 12.8 Å². The second-order valence-electron chi connectivity index (χ2n) is 5.75. The summed E-state index contributed by atoms with van der Waals surface area (Å²) >= 11 is 0. The van der Waals surface area contributed by atoms with Gasteiger partial charge in [-0.15, -0.1) is 0 Å². The van der Waals surface area contributed by atoms with Crippen molar-refractivity contribution in [2.24, 2.45) is 0 Å². The predicted octanol–water partition coefficient (Wildman–Crippen LogP) is 2.89. The van der Waals surface area contributed by atoms with Crippen molar-refractivity contribution in [3.8, 4) is 0 Å². The van der Waals surface area contributed by atoms with E-state index in [1.807, 2.05) is 0 Å². The Bertz CT molecular complexity index is 561. The molecule has 0 heterocycles. The Kier molecular flexibility index (Phi) is 4.37. The van der Waals surface area contributed by atoms with Crippen molar-refractivity contribution in [1.82, 2.24) is 5.32 Å². The summed E-state index contributed by atoms with van der Waals surface area (Å²) in [4.78, 5) is 0. The first-order valence-electron chi connectivity index (χ1n) is 7.85. The predicted molar refractivity (Wildman–Crippen MR) is 86.7 cm³/mol. The fourth-order valence-electron chi connectivity index (χ4n) is 3.39. The van der Waals surface area contributed by atoms with Crippen LogP contribution in [0, 0.1) is 0 Å². The molecular weight excluding hydrogens is 258 g/mol. The average molecular weight is 281 g/mol. The van der Waals surface area contributed by atoms with Crippen LogP contribution in [0.2, 0.25) is 0 Å². The second kappa shape index (κ2) is 6.42. The van der Waals surface area contributed by atoms with Gasteiger partial charge in [0.2, 0.25) is 0 Å². The number of aryl methyl sites for hydroxylation is 2. The third-order valence-corrected chi connectivity index (χ3v) is 4.43. The molecule has 2 aromatic carbocycles. The van der Waals surface area contributed by atoms with Crippen LogP contribution in [0.15, 0.2) is 48.5 Å². The third-order valence-electron chi connectivity index (χ3n) is 4.43. The Morgan fingerprint density at radius 2 is 1.52 bits per heavy atom. The number of fused-ring (bicyclic) bond motifs is 2. The first-order valence-corrected chi connectivity index (χ1v) is 7.85. The fraction of sp³-hybridized carbons (Fsp3) is 0.368. The highest BCUT2D eigenvalue weighted by molar-refractivity contribution is 5.45. The molecule has 0 bridgehead atoms. The number of likely N-dealkylation sites (N-methyl/N-ethyl adjacent to an activating group) is 1. The molecule has 0 fully saturated rings. The molecule has 110 valence electrons. The van der Waals surface area contributed by atoms with Crippen LogP contribution in [0.1, 0.15) is 35.1 Å². The van der Waals surface area contributed by atoms with Crippen molar-refractivity contribution in [2.75, 3.05) is 13.1 Å². The molecule has 1 aliphatic rings. The van der Waals surface area contributed by atoms with E-state index in [0.29, 0.717) is 6.54 Å². The third kappa shape index (κ3) is 2.87. The molecule has 0 aromatic heterocycles. The van der Waals surface area contributed by atoms with E-state index < -0.39 is 6.10 Å². The van der Waals surface area contributed by atoms with Crippen molar-refractivity contribution >= 4 is 0 Å². The Morgan fingerprint density at radius 3 is 2.05 bits per heavy atom. The number of nitrogens with one attached hydrogen (secondary N) is 1. The minimum Gasteiger partial charge on any atom is -0.391 e. The van der Waals surface area contributed by atoms with Gasteiger partial charge in [0, 0.05) is 12.5 Å². The van der Waals surface area contributed by atoms with Gasteiger partial charge in [0.25, 0.3) is 0 Å². The molecule has 21 heavy (non-hydrogen) atoms. The normalized spacial score (nSPS) is 15.9.